The van der Waals surface area contributed by atoms with Crippen LogP contribution in [0.4, 0.5) is 15.2 Å². The molecule has 0 radical (unpaired) electrons. The maximum absolute atomic E-state index is 14.8. The minimum Gasteiger partial charge on any atom is -0.386 e. The predicted molar refractivity (Wildman–Crippen MR) is 129 cm³/mol. The summed E-state index contributed by atoms with van der Waals surface area (Å²) in [5, 5.41) is 17.4. The molecule has 9 nitrogen and oxygen atoms in total. The van der Waals surface area contributed by atoms with E-state index in [0.717, 1.165) is 0 Å². The number of aryl methyl sites for hydroxylation is 1. The molecule has 0 aliphatic heterocycles. The van der Waals surface area contributed by atoms with E-state index in [1.807, 2.05) is 0 Å². The van der Waals surface area contributed by atoms with Gasteiger partial charge >= 0.3 is 0 Å². The number of ether oxygens (including phenoxy) is 1. The molecule has 1 aromatic carbocycles. The topological polar surface area (TPSA) is 136 Å². The molecule has 3 heterocycles. The number of benzene rings is 1. The number of nitrogens with zero attached hydrogens (tertiary/aromatic N) is 3. The van der Waals surface area contributed by atoms with Crippen molar-refractivity contribution < 1.29 is 23.6 Å². The first-order chi connectivity index (χ1) is 16.6. The number of nitrogens with two attached hydrogens (primary N) is 1. The summed E-state index contributed by atoms with van der Waals surface area (Å²) in [6.07, 6.45) is 0. The van der Waals surface area contributed by atoms with Crippen molar-refractivity contribution in [3.63, 3.8) is 0 Å². The lowest BCUT2D eigenvalue weighted by molar-refractivity contribution is 0.0782. The number of aliphatic hydroxyl groups is 1. The summed E-state index contributed by atoms with van der Waals surface area (Å²) in [5.74, 6) is 0.201. The number of pyridine rings is 1. The molecule has 4 N–H and O–H groups in total. The molecule has 0 fully saturated rings. The number of amides is 1. The van der Waals surface area contributed by atoms with Crippen molar-refractivity contribution in [2.75, 3.05) is 5.32 Å². The van der Waals surface area contributed by atoms with Crippen molar-refractivity contribution in [2.24, 2.45) is 5.73 Å². The Hall–Kier alpha value is -3.67. The molecule has 182 valence electrons. The van der Waals surface area contributed by atoms with Crippen molar-refractivity contribution in [1.82, 2.24) is 15.1 Å². The van der Waals surface area contributed by atoms with Gasteiger partial charge in [-0.25, -0.2) is 9.37 Å². The van der Waals surface area contributed by atoms with E-state index >= 15 is 0 Å². The second kappa shape index (κ2) is 9.90. The molecule has 0 spiro atoms. The Morgan fingerprint density at radius 2 is 2.03 bits per heavy atom. The van der Waals surface area contributed by atoms with Crippen LogP contribution in [0.25, 0.3) is 10.4 Å². The van der Waals surface area contributed by atoms with Crippen LogP contribution < -0.4 is 11.1 Å². The molecular weight excluding hydrogens is 473 g/mol. The SMILES string of the molecule is Cc1noc(COCc2cccc(Nc3sc(-c4ccc(C(C)(C)O)cc4F)cc3C(N)=O)n2)n1. The highest BCUT2D eigenvalue weighted by atomic mass is 32.1. The Kier molecular flexibility index (Phi) is 6.92. The van der Waals surface area contributed by atoms with Crippen LogP contribution in [0.15, 0.2) is 47.0 Å². The number of halogens is 1. The van der Waals surface area contributed by atoms with Crippen LogP contribution in [-0.4, -0.2) is 26.1 Å². The van der Waals surface area contributed by atoms with Gasteiger partial charge in [-0.2, -0.15) is 4.98 Å². The number of carbonyl (C=O) groups excluding carboxylic acids is 1. The largest absolute Gasteiger partial charge is 0.386 e. The van der Waals surface area contributed by atoms with Crippen LogP contribution in [0.3, 0.4) is 0 Å². The van der Waals surface area contributed by atoms with Gasteiger partial charge in [0.05, 0.1) is 23.5 Å². The normalized spacial score (nSPS) is 11.6. The van der Waals surface area contributed by atoms with Gasteiger partial charge in [-0.15, -0.1) is 11.3 Å². The van der Waals surface area contributed by atoms with E-state index < -0.39 is 17.3 Å². The summed E-state index contributed by atoms with van der Waals surface area (Å²) in [7, 11) is 0. The van der Waals surface area contributed by atoms with Gasteiger partial charge in [-0.05, 0) is 50.6 Å². The first kappa shape index (κ1) is 24.5. The van der Waals surface area contributed by atoms with Crippen LogP contribution >= 0.6 is 11.3 Å². The minimum absolute atomic E-state index is 0.151. The van der Waals surface area contributed by atoms with Crippen LogP contribution in [0.5, 0.6) is 0 Å². The third-order valence-corrected chi connectivity index (χ3v) is 6.12. The lowest BCUT2D eigenvalue weighted by atomic mass is 9.96. The summed E-state index contributed by atoms with van der Waals surface area (Å²) in [5.41, 5.74) is 5.99. The summed E-state index contributed by atoms with van der Waals surface area (Å²) >= 11 is 1.17. The molecule has 0 aliphatic rings. The zero-order valence-electron chi connectivity index (χ0n) is 19.3. The Morgan fingerprint density at radius 1 is 1.23 bits per heavy atom. The summed E-state index contributed by atoms with van der Waals surface area (Å²) in [6.45, 7) is 5.24. The summed E-state index contributed by atoms with van der Waals surface area (Å²) < 4.78 is 25.4. The average molecular weight is 498 g/mol. The van der Waals surface area contributed by atoms with E-state index in [-0.39, 0.29) is 18.8 Å². The minimum atomic E-state index is -1.18. The van der Waals surface area contributed by atoms with Gasteiger partial charge in [0.2, 0.25) is 0 Å². The summed E-state index contributed by atoms with van der Waals surface area (Å²) in [6, 6.07) is 11.4. The van der Waals surface area contributed by atoms with E-state index in [1.165, 1.54) is 23.5 Å². The standard InChI is InChI=1S/C24H24FN5O4S/c1-13-27-21(34-30-13)12-33-11-15-5-4-6-20(28-15)29-23-17(22(26)31)10-19(35-23)16-8-7-14(9-18(16)25)24(2,3)32/h4-10,32H,11-12H2,1-3H3,(H2,26,31)(H,28,29). The molecule has 0 atom stereocenters. The Morgan fingerprint density at radius 3 is 2.69 bits per heavy atom. The van der Waals surface area contributed by atoms with Crippen molar-refractivity contribution in [2.45, 2.75) is 39.6 Å². The average Bonchev–Trinajstić information content (AvgIpc) is 3.39. The molecule has 35 heavy (non-hydrogen) atoms. The Balaban J connectivity index is 1.52. The second-order valence-electron chi connectivity index (χ2n) is 8.34. The smallest absolute Gasteiger partial charge is 0.252 e. The number of thiophene rings is 1. The maximum Gasteiger partial charge on any atom is 0.252 e. The Labute approximate surface area is 204 Å². The predicted octanol–water partition coefficient (Wildman–Crippen LogP) is 4.43. The van der Waals surface area contributed by atoms with E-state index in [4.69, 9.17) is 15.0 Å². The van der Waals surface area contributed by atoms with Gasteiger partial charge in [0.1, 0.15) is 23.2 Å². The lowest BCUT2D eigenvalue weighted by Crippen LogP contribution is -2.15. The van der Waals surface area contributed by atoms with Gasteiger partial charge in [0.15, 0.2) is 5.82 Å². The number of rotatable bonds is 9. The fourth-order valence-corrected chi connectivity index (χ4v) is 4.38. The number of hydrogen-bond acceptors (Lipinski definition) is 9. The number of carbonyl (C=O) groups is 1. The molecule has 11 heteroatoms. The van der Waals surface area contributed by atoms with Crippen molar-refractivity contribution in [1.29, 1.82) is 0 Å². The molecule has 3 aromatic heterocycles. The maximum atomic E-state index is 14.8. The van der Waals surface area contributed by atoms with Crippen molar-refractivity contribution in [3.8, 4) is 10.4 Å². The molecule has 4 aromatic rings. The van der Waals surface area contributed by atoms with E-state index in [9.17, 15) is 14.3 Å². The fourth-order valence-electron chi connectivity index (χ4n) is 3.28. The van der Waals surface area contributed by atoms with Crippen LogP contribution in [0, 0.1) is 12.7 Å². The number of hydrogen-bond donors (Lipinski definition) is 3. The molecule has 0 saturated carbocycles. The van der Waals surface area contributed by atoms with E-state index in [1.54, 1.807) is 51.1 Å². The molecule has 0 aliphatic carbocycles. The lowest BCUT2D eigenvalue weighted by Gasteiger charge is -2.18. The van der Waals surface area contributed by atoms with Crippen LogP contribution in [0.2, 0.25) is 0 Å². The first-order valence-corrected chi connectivity index (χ1v) is 11.5. The van der Waals surface area contributed by atoms with Crippen LogP contribution in [0.1, 0.15) is 47.2 Å². The molecular formula is C24H24FN5O4S. The fraction of sp³-hybridized carbons (Fsp3) is 0.250. The highest BCUT2D eigenvalue weighted by molar-refractivity contribution is 7.19. The molecule has 1 amide bonds. The zero-order chi connectivity index (χ0) is 25.2. The molecule has 0 unspecified atom stereocenters. The molecule has 0 saturated heterocycles. The number of anilines is 2. The van der Waals surface area contributed by atoms with E-state index in [2.05, 4.69) is 20.4 Å². The quantitative estimate of drug-likeness (QED) is 0.309. The van der Waals surface area contributed by atoms with Crippen molar-refractivity contribution >= 4 is 28.1 Å². The number of primary amides is 1. The monoisotopic (exact) mass is 497 g/mol. The number of aromatic nitrogens is 3. The highest BCUT2D eigenvalue weighted by Crippen LogP contribution is 2.38. The molecule has 0 bridgehead atoms. The van der Waals surface area contributed by atoms with E-state index in [0.29, 0.717) is 44.2 Å². The van der Waals surface area contributed by atoms with Gasteiger partial charge in [0, 0.05) is 10.4 Å². The number of nitrogens with one attached hydrogen (secondary N) is 1. The van der Waals surface area contributed by atoms with Gasteiger partial charge in [0.25, 0.3) is 11.8 Å². The highest BCUT2D eigenvalue weighted by Gasteiger charge is 2.21. The third kappa shape index (κ3) is 5.88. The summed E-state index contributed by atoms with van der Waals surface area (Å²) in [4.78, 5) is 21.2. The Bertz CT molecular complexity index is 1360. The van der Waals surface area contributed by atoms with Gasteiger partial charge in [-0.1, -0.05) is 23.4 Å². The second-order valence-corrected chi connectivity index (χ2v) is 9.39. The van der Waals surface area contributed by atoms with Gasteiger partial charge in [-0.3, -0.25) is 4.79 Å². The van der Waals surface area contributed by atoms with Gasteiger partial charge < -0.3 is 25.4 Å². The van der Waals surface area contributed by atoms with Crippen molar-refractivity contribution in [3.05, 3.63) is 76.8 Å². The third-order valence-electron chi connectivity index (χ3n) is 5.03. The molecule has 4 rings (SSSR count). The first-order valence-electron chi connectivity index (χ1n) is 10.7. The van der Waals surface area contributed by atoms with Crippen LogP contribution in [-0.2, 0) is 23.6 Å². The zero-order valence-corrected chi connectivity index (χ0v) is 20.1.